The van der Waals surface area contributed by atoms with Crippen molar-refractivity contribution in [3.63, 3.8) is 0 Å². The third kappa shape index (κ3) is 3.76. The minimum absolute atomic E-state index is 0.0239. The highest BCUT2D eigenvalue weighted by Crippen LogP contribution is 2.29. The van der Waals surface area contributed by atoms with Gasteiger partial charge in [-0.1, -0.05) is 0 Å². The minimum atomic E-state index is -0.128. The van der Waals surface area contributed by atoms with Crippen LogP contribution in [0.2, 0.25) is 0 Å². The summed E-state index contributed by atoms with van der Waals surface area (Å²) in [6.07, 6.45) is 5.57. The summed E-state index contributed by atoms with van der Waals surface area (Å²) in [5.41, 5.74) is 1.34. The highest BCUT2D eigenvalue weighted by atomic mass is 32.2. The molecule has 2 amide bonds. The molecule has 1 atom stereocenters. The number of carbonyl (C=O) groups is 2. The molecule has 1 aromatic carbocycles. The Kier molecular flexibility index (Phi) is 5.63. The van der Waals surface area contributed by atoms with E-state index in [0.29, 0.717) is 18.7 Å². The van der Waals surface area contributed by atoms with Gasteiger partial charge in [-0.3, -0.25) is 9.59 Å². The molecular formula is C18H23N5O2S. The van der Waals surface area contributed by atoms with Crippen molar-refractivity contribution < 1.29 is 9.59 Å². The van der Waals surface area contributed by atoms with E-state index in [1.54, 1.807) is 18.3 Å². The number of aryl methyl sites for hydroxylation is 1. The summed E-state index contributed by atoms with van der Waals surface area (Å²) in [5.74, 6) is 0.714. The molecule has 1 aliphatic heterocycles. The van der Waals surface area contributed by atoms with Gasteiger partial charge >= 0.3 is 0 Å². The highest BCUT2D eigenvalue weighted by Gasteiger charge is 2.31. The Morgan fingerprint density at radius 3 is 2.85 bits per heavy atom. The van der Waals surface area contributed by atoms with Gasteiger partial charge in [0.05, 0.1) is 5.69 Å². The van der Waals surface area contributed by atoms with Gasteiger partial charge in [0.2, 0.25) is 5.91 Å². The van der Waals surface area contributed by atoms with Gasteiger partial charge in [0.15, 0.2) is 0 Å². The maximum atomic E-state index is 13.2. The van der Waals surface area contributed by atoms with Gasteiger partial charge in [-0.15, -0.1) is 11.8 Å². The lowest BCUT2D eigenvalue weighted by molar-refractivity contribution is -0.114. The van der Waals surface area contributed by atoms with Crippen LogP contribution in [0.5, 0.6) is 0 Å². The van der Waals surface area contributed by atoms with E-state index in [1.807, 2.05) is 35.0 Å². The molecule has 1 saturated heterocycles. The van der Waals surface area contributed by atoms with Crippen LogP contribution in [0.4, 0.5) is 5.69 Å². The molecule has 138 valence electrons. The molecular weight excluding hydrogens is 350 g/mol. The van der Waals surface area contributed by atoms with Crippen LogP contribution in [0, 0.1) is 0 Å². The van der Waals surface area contributed by atoms with Crippen LogP contribution in [-0.2, 0) is 11.8 Å². The second-order valence-electron chi connectivity index (χ2n) is 6.21. The zero-order chi connectivity index (χ0) is 18.7. The molecule has 2 aromatic rings. The van der Waals surface area contributed by atoms with Crippen LogP contribution in [0.1, 0.15) is 29.1 Å². The largest absolute Gasteiger partial charge is 0.336 e. The lowest BCUT2D eigenvalue weighted by Gasteiger charge is -2.36. The normalized spacial score (nSPS) is 17.2. The second-order valence-corrected chi connectivity index (χ2v) is 7.06. The molecule has 26 heavy (non-hydrogen) atoms. The standard InChI is InChI=1S/C18H23N5O2S/c1-12(24)21-14-5-4-13(10-16(14)26-3)18(25)23-9-6-19-11-15(23)17-20-7-8-22(17)2/h4-5,7-8,10,15,19H,6,9,11H2,1-3H3,(H,21,24). The molecule has 0 radical (unpaired) electrons. The number of anilines is 1. The Hall–Kier alpha value is -2.32. The summed E-state index contributed by atoms with van der Waals surface area (Å²) in [4.78, 5) is 31.7. The first-order chi connectivity index (χ1) is 12.5. The van der Waals surface area contributed by atoms with Gasteiger partial charge in [0.1, 0.15) is 11.9 Å². The first-order valence-electron chi connectivity index (χ1n) is 8.45. The maximum absolute atomic E-state index is 13.2. The predicted molar refractivity (Wildman–Crippen MR) is 102 cm³/mol. The Balaban J connectivity index is 1.89. The molecule has 1 fully saturated rings. The van der Waals surface area contributed by atoms with Crippen LogP contribution in [0.15, 0.2) is 35.5 Å². The number of hydrogen-bond donors (Lipinski definition) is 2. The van der Waals surface area contributed by atoms with Crippen molar-refractivity contribution in [3.05, 3.63) is 42.0 Å². The van der Waals surface area contributed by atoms with E-state index in [-0.39, 0.29) is 17.9 Å². The van der Waals surface area contributed by atoms with Crippen molar-refractivity contribution in [2.24, 2.45) is 7.05 Å². The molecule has 2 N–H and O–H groups in total. The lowest BCUT2D eigenvalue weighted by atomic mass is 10.1. The average Bonchev–Trinajstić information content (AvgIpc) is 3.07. The molecule has 0 spiro atoms. The molecule has 0 bridgehead atoms. The monoisotopic (exact) mass is 373 g/mol. The van der Waals surface area contributed by atoms with Gasteiger partial charge in [0.25, 0.3) is 5.91 Å². The van der Waals surface area contributed by atoms with Crippen molar-refractivity contribution >= 4 is 29.3 Å². The Morgan fingerprint density at radius 2 is 2.19 bits per heavy atom. The lowest BCUT2D eigenvalue weighted by Crippen LogP contribution is -2.49. The van der Waals surface area contributed by atoms with Crippen LogP contribution in [0.3, 0.4) is 0 Å². The topological polar surface area (TPSA) is 79.3 Å². The minimum Gasteiger partial charge on any atom is -0.336 e. The van der Waals surface area contributed by atoms with Gasteiger partial charge in [-0.25, -0.2) is 4.98 Å². The summed E-state index contributed by atoms with van der Waals surface area (Å²) in [6, 6.07) is 5.29. The van der Waals surface area contributed by atoms with Crippen LogP contribution < -0.4 is 10.6 Å². The highest BCUT2D eigenvalue weighted by molar-refractivity contribution is 7.98. The SMILES string of the molecule is CSc1cc(C(=O)N2CCNCC2c2nccn2C)ccc1NC(C)=O. The fourth-order valence-electron chi connectivity index (χ4n) is 3.16. The molecule has 0 aliphatic carbocycles. The third-order valence-electron chi connectivity index (χ3n) is 4.42. The molecule has 8 heteroatoms. The van der Waals surface area contributed by atoms with E-state index in [4.69, 9.17) is 0 Å². The number of imidazole rings is 1. The number of nitrogens with zero attached hydrogens (tertiary/aromatic N) is 3. The van der Waals surface area contributed by atoms with E-state index in [1.165, 1.54) is 18.7 Å². The summed E-state index contributed by atoms with van der Waals surface area (Å²) >= 11 is 1.50. The Labute approximate surface area is 157 Å². The van der Waals surface area contributed by atoms with Crippen molar-refractivity contribution in [3.8, 4) is 0 Å². The van der Waals surface area contributed by atoms with Crippen molar-refractivity contribution in [2.75, 3.05) is 31.2 Å². The number of benzene rings is 1. The number of nitrogens with one attached hydrogen (secondary N) is 2. The summed E-state index contributed by atoms with van der Waals surface area (Å²) < 4.78 is 1.95. The number of rotatable bonds is 4. The van der Waals surface area contributed by atoms with Crippen molar-refractivity contribution in [1.82, 2.24) is 19.8 Å². The Bertz CT molecular complexity index is 820. The summed E-state index contributed by atoms with van der Waals surface area (Å²) in [6.45, 7) is 3.53. The number of aromatic nitrogens is 2. The zero-order valence-corrected chi connectivity index (χ0v) is 16.0. The maximum Gasteiger partial charge on any atom is 0.254 e. The molecule has 7 nitrogen and oxygen atoms in total. The predicted octanol–water partition coefficient (Wildman–Crippen LogP) is 1.89. The number of piperazine rings is 1. The molecule has 1 aromatic heterocycles. The van der Waals surface area contributed by atoms with Gasteiger partial charge in [-0.2, -0.15) is 0 Å². The number of amides is 2. The fourth-order valence-corrected chi connectivity index (χ4v) is 3.74. The first-order valence-corrected chi connectivity index (χ1v) is 9.68. The van der Waals surface area contributed by atoms with Crippen molar-refractivity contribution in [2.45, 2.75) is 17.9 Å². The van der Waals surface area contributed by atoms with E-state index in [9.17, 15) is 9.59 Å². The molecule has 2 heterocycles. The fraction of sp³-hybridized carbons (Fsp3) is 0.389. The van der Waals surface area contributed by atoms with Gasteiger partial charge in [0, 0.05) is 56.5 Å². The zero-order valence-electron chi connectivity index (χ0n) is 15.2. The van der Waals surface area contributed by atoms with Gasteiger partial charge in [-0.05, 0) is 24.5 Å². The van der Waals surface area contributed by atoms with Crippen molar-refractivity contribution in [1.29, 1.82) is 0 Å². The molecule has 1 aliphatic rings. The first kappa shape index (κ1) is 18.5. The van der Waals surface area contributed by atoms with E-state index >= 15 is 0 Å². The van der Waals surface area contributed by atoms with Crippen LogP contribution in [-0.4, -0.2) is 52.2 Å². The smallest absolute Gasteiger partial charge is 0.254 e. The quantitative estimate of drug-likeness (QED) is 0.800. The number of thioether (sulfide) groups is 1. The van der Waals surface area contributed by atoms with Crippen LogP contribution in [0.25, 0.3) is 0 Å². The Morgan fingerprint density at radius 1 is 1.38 bits per heavy atom. The molecule has 3 rings (SSSR count). The van der Waals surface area contributed by atoms with E-state index in [2.05, 4.69) is 15.6 Å². The number of carbonyl (C=O) groups excluding carboxylic acids is 2. The summed E-state index contributed by atoms with van der Waals surface area (Å²) in [5, 5.41) is 6.14. The summed E-state index contributed by atoms with van der Waals surface area (Å²) in [7, 11) is 1.94. The molecule has 1 unspecified atom stereocenters. The molecule has 0 saturated carbocycles. The average molecular weight is 373 g/mol. The van der Waals surface area contributed by atoms with E-state index in [0.717, 1.165) is 23.0 Å². The third-order valence-corrected chi connectivity index (χ3v) is 5.20. The number of hydrogen-bond acceptors (Lipinski definition) is 5. The van der Waals surface area contributed by atoms with Crippen LogP contribution >= 0.6 is 11.8 Å². The second kappa shape index (κ2) is 7.92. The van der Waals surface area contributed by atoms with Gasteiger partial charge < -0.3 is 20.1 Å². The van der Waals surface area contributed by atoms with E-state index < -0.39 is 0 Å².